The van der Waals surface area contributed by atoms with Gasteiger partial charge in [-0.2, -0.15) is 0 Å². The number of urea groups is 1. The van der Waals surface area contributed by atoms with E-state index in [1.165, 1.54) is 11.3 Å². The van der Waals surface area contributed by atoms with E-state index in [9.17, 15) is 9.59 Å². The highest BCUT2D eigenvalue weighted by atomic mass is 32.1. The van der Waals surface area contributed by atoms with Crippen LogP contribution in [0.25, 0.3) is 0 Å². The Kier molecular flexibility index (Phi) is 5.74. The minimum atomic E-state index is -1.09. The molecule has 18 heavy (non-hydrogen) atoms. The molecule has 0 aliphatic rings. The molecule has 96 valence electrons. The third-order valence-corrected chi connectivity index (χ3v) is 3.07. The quantitative estimate of drug-likeness (QED) is 0.540. The van der Waals surface area contributed by atoms with Crippen LogP contribution in [0.4, 0.5) is 4.79 Å². The van der Waals surface area contributed by atoms with E-state index >= 15 is 0 Å². The van der Waals surface area contributed by atoms with Crippen LogP contribution in [0.2, 0.25) is 0 Å². The number of amides is 2. The summed E-state index contributed by atoms with van der Waals surface area (Å²) in [5, 5.41) is 15.8. The number of aliphatic carboxylic acids is 1. The van der Waals surface area contributed by atoms with Gasteiger partial charge in [0.25, 0.3) is 0 Å². The number of hydrogen-bond acceptors (Lipinski definition) is 3. The van der Waals surface area contributed by atoms with Crippen molar-refractivity contribution in [2.24, 2.45) is 0 Å². The summed E-state index contributed by atoms with van der Waals surface area (Å²) in [6.45, 7) is 0.423. The van der Waals surface area contributed by atoms with Gasteiger partial charge in [0.15, 0.2) is 6.04 Å². The zero-order chi connectivity index (χ0) is 13.4. The molecule has 0 aliphatic heterocycles. The maximum absolute atomic E-state index is 11.5. The summed E-state index contributed by atoms with van der Waals surface area (Å²) in [5.74, 6) is 1.37. The first-order valence-corrected chi connectivity index (χ1v) is 6.27. The molecule has 5 nitrogen and oxygen atoms in total. The predicted octanol–water partition coefficient (Wildman–Crippen LogP) is 1.59. The molecule has 0 bridgehead atoms. The maximum Gasteiger partial charge on any atom is 0.331 e. The lowest BCUT2D eigenvalue weighted by atomic mass is 10.2. The van der Waals surface area contributed by atoms with E-state index in [-0.39, 0.29) is 0 Å². The monoisotopic (exact) mass is 266 g/mol. The van der Waals surface area contributed by atoms with Crippen molar-refractivity contribution >= 4 is 23.3 Å². The first-order valence-electron chi connectivity index (χ1n) is 5.39. The molecule has 1 atom stereocenters. The molecule has 0 saturated heterocycles. The zero-order valence-corrected chi connectivity index (χ0v) is 10.5. The predicted molar refractivity (Wildman–Crippen MR) is 69.3 cm³/mol. The number of hydrogen-bond donors (Lipinski definition) is 3. The van der Waals surface area contributed by atoms with Crippen molar-refractivity contribution in [2.45, 2.75) is 18.9 Å². The van der Waals surface area contributed by atoms with E-state index < -0.39 is 18.0 Å². The number of carbonyl (C=O) groups excluding carboxylic acids is 1. The minimum absolute atomic E-state index is 0.423. The van der Waals surface area contributed by atoms with Crippen LogP contribution in [-0.4, -0.2) is 23.7 Å². The van der Waals surface area contributed by atoms with Crippen molar-refractivity contribution in [2.75, 3.05) is 6.54 Å². The summed E-state index contributed by atoms with van der Waals surface area (Å²) in [4.78, 5) is 23.1. The molecule has 0 saturated carbocycles. The van der Waals surface area contributed by atoms with Crippen LogP contribution in [0.5, 0.6) is 0 Å². The molecule has 0 radical (unpaired) electrons. The average Bonchev–Trinajstić information content (AvgIpc) is 2.85. The molecule has 2 amide bonds. The Bertz CT molecular complexity index is 437. The number of carboxylic acids is 1. The summed E-state index contributed by atoms with van der Waals surface area (Å²) in [5.41, 5.74) is 0. The Balaban J connectivity index is 2.45. The Morgan fingerprint density at radius 2 is 2.33 bits per heavy atom. The number of rotatable bonds is 6. The molecule has 1 unspecified atom stereocenters. The topological polar surface area (TPSA) is 78.4 Å². The van der Waals surface area contributed by atoms with Gasteiger partial charge in [-0.3, -0.25) is 0 Å². The van der Waals surface area contributed by atoms with Crippen LogP contribution in [0.15, 0.2) is 17.5 Å². The molecule has 1 heterocycles. The first kappa shape index (κ1) is 14.1. The molecule has 1 rings (SSSR count). The fraction of sp³-hybridized carbons (Fsp3) is 0.333. The van der Waals surface area contributed by atoms with E-state index in [0.717, 1.165) is 0 Å². The van der Waals surface area contributed by atoms with Gasteiger partial charge in [0, 0.05) is 17.8 Å². The number of nitrogens with one attached hydrogen (secondary N) is 2. The van der Waals surface area contributed by atoms with Gasteiger partial charge in [0.05, 0.1) is 0 Å². The average molecular weight is 266 g/mol. The van der Waals surface area contributed by atoms with Gasteiger partial charge < -0.3 is 15.7 Å². The highest BCUT2D eigenvalue weighted by molar-refractivity contribution is 7.10. The lowest BCUT2D eigenvalue weighted by Crippen LogP contribution is -2.40. The maximum atomic E-state index is 11.5. The first-order chi connectivity index (χ1) is 8.65. The van der Waals surface area contributed by atoms with Crippen LogP contribution in [0.3, 0.4) is 0 Å². The lowest BCUT2D eigenvalue weighted by molar-refractivity contribution is -0.139. The number of carbonyl (C=O) groups is 2. The Morgan fingerprint density at radius 1 is 1.56 bits per heavy atom. The van der Waals surface area contributed by atoms with Gasteiger partial charge in [-0.05, 0) is 17.9 Å². The summed E-state index contributed by atoms with van der Waals surface area (Å²) in [6.07, 6.45) is 6.32. The van der Waals surface area contributed by atoms with Gasteiger partial charge in [-0.15, -0.1) is 23.7 Å². The molecule has 0 aliphatic carbocycles. The van der Waals surface area contributed by atoms with Crippen molar-refractivity contribution in [3.8, 4) is 12.3 Å². The van der Waals surface area contributed by atoms with Gasteiger partial charge in [-0.1, -0.05) is 6.07 Å². The highest BCUT2D eigenvalue weighted by Crippen LogP contribution is 2.18. The summed E-state index contributed by atoms with van der Waals surface area (Å²) in [7, 11) is 0. The molecule has 6 heteroatoms. The van der Waals surface area contributed by atoms with E-state index in [0.29, 0.717) is 24.3 Å². The largest absolute Gasteiger partial charge is 0.479 e. The molecule has 0 fully saturated rings. The van der Waals surface area contributed by atoms with Crippen molar-refractivity contribution in [1.29, 1.82) is 0 Å². The molecular formula is C12H14N2O3S. The smallest absolute Gasteiger partial charge is 0.331 e. The lowest BCUT2D eigenvalue weighted by Gasteiger charge is -2.13. The van der Waals surface area contributed by atoms with Gasteiger partial charge in [0.2, 0.25) is 0 Å². The van der Waals surface area contributed by atoms with Crippen molar-refractivity contribution in [1.82, 2.24) is 10.6 Å². The SMILES string of the molecule is C#CCCCNC(=O)NC(C(=O)O)c1cccs1. The van der Waals surface area contributed by atoms with Crippen molar-refractivity contribution in [3.63, 3.8) is 0 Å². The van der Waals surface area contributed by atoms with Crippen LogP contribution in [0.1, 0.15) is 23.8 Å². The van der Waals surface area contributed by atoms with Gasteiger partial charge >= 0.3 is 12.0 Å². The normalized spacial score (nSPS) is 11.3. The van der Waals surface area contributed by atoms with Crippen molar-refractivity contribution in [3.05, 3.63) is 22.4 Å². The summed E-state index contributed by atoms with van der Waals surface area (Å²) < 4.78 is 0. The fourth-order valence-corrected chi connectivity index (χ4v) is 2.05. The molecular weight excluding hydrogens is 252 g/mol. The Hall–Kier alpha value is -2.00. The Labute approximate surface area is 109 Å². The van der Waals surface area contributed by atoms with E-state index in [4.69, 9.17) is 11.5 Å². The molecule has 1 aromatic rings. The molecule has 1 aromatic heterocycles. The second-order valence-electron chi connectivity index (χ2n) is 3.49. The van der Waals surface area contributed by atoms with Crippen LogP contribution in [-0.2, 0) is 4.79 Å². The standard InChI is InChI=1S/C12H14N2O3S/c1-2-3-4-7-13-12(17)14-10(11(15)16)9-6-5-8-18-9/h1,5-6,8,10H,3-4,7H2,(H,15,16)(H2,13,14,17). The second-order valence-corrected chi connectivity index (χ2v) is 4.47. The second kappa shape index (κ2) is 7.35. The summed E-state index contributed by atoms with van der Waals surface area (Å²) >= 11 is 1.28. The van der Waals surface area contributed by atoms with Gasteiger partial charge in [0.1, 0.15) is 0 Å². The van der Waals surface area contributed by atoms with Crippen LogP contribution in [0, 0.1) is 12.3 Å². The third kappa shape index (κ3) is 4.47. The Morgan fingerprint density at radius 3 is 2.89 bits per heavy atom. The summed E-state index contributed by atoms with van der Waals surface area (Å²) in [6, 6.07) is 1.88. The number of thiophene rings is 1. The number of carboxylic acid groups (broad SMARTS) is 1. The fourth-order valence-electron chi connectivity index (χ4n) is 1.28. The third-order valence-electron chi connectivity index (χ3n) is 2.13. The highest BCUT2D eigenvalue weighted by Gasteiger charge is 2.22. The zero-order valence-electron chi connectivity index (χ0n) is 9.68. The number of unbranched alkanes of at least 4 members (excludes halogenated alkanes) is 1. The van der Waals surface area contributed by atoms with E-state index in [1.807, 2.05) is 0 Å². The molecule has 3 N–H and O–H groups in total. The van der Waals surface area contributed by atoms with Gasteiger partial charge in [-0.25, -0.2) is 9.59 Å². The molecule has 0 aromatic carbocycles. The number of terminal acetylenes is 1. The minimum Gasteiger partial charge on any atom is -0.479 e. The van der Waals surface area contributed by atoms with Crippen LogP contribution >= 0.6 is 11.3 Å². The van der Waals surface area contributed by atoms with E-state index in [2.05, 4.69) is 16.6 Å². The van der Waals surface area contributed by atoms with Crippen molar-refractivity contribution < 1.29 is 14.7 Å². The van der Waals surface area contributed by atoms with E-state index in [1.54, 1.807) is 17.5 Å². The molecule has 0 spiro atoms. The van der Waals surface area contributed by atoms with Crippen LogP contribution < -0.4 is 10.6 Å².